The Morgan fingerprint density at radius 2 is 1.66 bits per heavy atom. The first kappa shape index (κ1) is 30.9. The highest BCUT2D eigenvalue weighted by atomic mass is 32.2. The van der Waals surface area contributed by atoms with Crippen LogP contribution < -0.4 is 5.32 Å². The van der Waals surface area contributed by atoms with E-state index in [9.17, 15) is 18.3 Å². The van der Waals surface area contributed by atoms with Crippen LogP contribution in [0.1, 0.15) is 50.3 Å². The van der Waals surface area contributed by atoms with Crippen LogP contribution in [0.5, 0.6) is 0 Å². The van der Waals surface area contributed by atoms with Gasteiger partial charge in [-0.3, -0.25) is 4.79 Å². The van der Waals surface area contributed by atoms with Gasteiger partial charge in [0.1, 0.15) is 0 Å². The number of aliphatic hydroxyl groups is 1. The van der Waals surface area contributed by atoms with E-state index in [0.717, 1.165) is 36.0 Å². The van der Waals surface area contributed by atoms with Gasteiger partial charge in [0, 0.05) is 31.6 Å². The number of carboxylic acid groups (broad SMARTS) is 1. The molecule has 7 nitrogen and oxygen atoms in total. The van der Waals surface area contributed by atoms with Gasteiger partial charge in [-0.25, -0.2) is 8.42 Å². The number of nitrogens with zero attached hydrogens (tertiary/aromatic N) is 1. The molecule has 3 aromatic rings. The molecule has 0 fully saturated rings. The molecule has 1 aliphatic carbocycles. The van der Waals surface area contributed by atoms with E-state index in [1.165, 1.54) is 15.4 Å². The summed E-state index contributed by atoms with van der Waals surface area (Å²) in [6, 6.07) is 22.9. The first-order chi connectivity index (χ1) is 19.5. The average molecular weight is 579 g/mol. The van der Waals surface area contributed by atoms with Crippen LogP contribution in [0.2, 0.25) is 0 Å². The van der Waals surface area contributed by atoms with Crippen molar-refractivity contribution in [3.8, 4) is 11.1 Å². The zero-order chi connectivity index (χ0) is 29.6. The third kappa shape index (κ3) is 8.26. The number of hydrogen-bond donors (Lipinski definition) is 3. The maximum Gasteiger partial charge on any atom is 0.303 e. The molecule has 0 radical (unpaired) electrons. The van der Waals surface area contributed by atoms with Crippen LogP contribution in [0, 0.1) is 5.92 Å². The fraction of sp³-hybridized carbons (Fsp3) is 0.424. The average Bonchev–Trinajstić information content (AvgIpc) is 3.35. The second kappa shape index (κ2) is 13.3. The van der Waals surface area contributed by atoms with Crippen LogP contribution in [0.15, 0.2) is 77.7 Å². The van der Waals surface area contributed by atoms with Crippen molar-refractivity contribution in [3.05, 3.63) is 89.5 Å². The number of aliphatic hydroxyl groups excluding tert-OH is 1. The normalized spacial score (nSPS) is 14.8. The Kier molecular flexibility index (Phi) is 10.0. The maximum atomic E-state index is 13.6. The van der Waals surface area contributed by atoms with E-state index >= 15 is 0 Å². The number of sulfonamides is 1. The predicted octanol–water partition coefficient (Wildman–Crippen LogP) is 4.92. The largest absolute Gasteiger partial charge is 0.481 e. The summed E-state index contributed by atoms with van der Waals surface area (Å²) in [6.07, 6.45) is 2.76. The first-order valence-electron chi connectivity index (χ1n) is 14.4. The van der Waals surface area contributed by atoms with E-state index in [-0.39, 0.29) is 29.9 Å². The number of likely N-dealkylation sites (N-methyl/N-ethyl adjacent to an activating group) is 1. The molecule has 0 unspecified atom stereocenters. The predicted molar refractivity (Wildman–Crippen MR) is 162 cm³/mol. The van der Waals surface area contributed by atoms with E-state index in [1.54, 1.807) is 25.1 Å². The summed E-state index contributed by atoms with van der Waals surface area (Å²) in [7, 11) is -3.83. The summed E-state index contributed by atoms with van der Waals surface area (Å²) < 4.78 is 28.5. The van der Waals surface area contributed by atoms with Crippen LogP contribution in [0.3, 0.4) is 0 Å². The number of fused-ring (bicyclic) bond motifs is 1. The lowest BCUT2D eigenvalue weighted by Gasteiger charge is -2.31. The van der Waals surface area contributed by atoms with Crippen molar-refractivity contribution in [2.24, 2.45) is 5.92 Å². The molecule has 0 aromatic heterocycles. The van der Waals surface area contributed by atoms with Gasteiger partial charge in [-0.2, -0.15) is 4.31 Å². The maximum absolute atomic E-state index is 13.6. The number of aryl methyl sites for hydroxylation is 1. The van der Waals surface area contributed by atoms with Crippen molar-refractivity contribution < 1.29 is 23.4 Å². The van der Waals surface area contributed by atoms with E-state index in [4.69, 9.17) is 5.11 Å². The third-order valence-electron chi connectivity index (χ3n) is 7.90. The Morgan fingerprint density at radius 1 is 1.00 bits per heavy atom. The van der Waals surface area contributed by atoms with Crippen LogP contribution in [-0.4, -0.2) is 60.2 Å². The van der Waals surface area contributed by atoms with E-state index in [1.807, 2.05) is 30.3 Å². The number of aliphatic carboxylic acids is 1. The minimum atomic E-state index is -3.83. The van der Waals surface area contributed by atoms with E-state index in [0.29, 0.717) is 18.9 Å². The Morgan fingerprint density at radius 3 is 2.27 bits per heavy atom. The summed E-state index contributed by atoms with van der Waals surface area (Å²) in [4.78, 5) is 11.0. The summed E-state index contributed by atoms with van der Waals surface area (Å²) in [6.45, 7) is 6.60. The molecule has 0 heterocycles. The van der Waals surface area contributed by atoms with Gasteiger partial charge in [0.25, 0.3) is 0 Å². The molecule has 1 atom stereocenters. The number of β-amino-alcohol motifs (C(OH)–C–C–N with tert-alkyl or cyclic N) is 1. The molecule has 41 heavy (non-hydrogen) atoms. The Bertz CT molecular complexity index is 1410. The molecular formula is C33H42N2O5S. The lowest BCUT2D eigenvalue weighted by atomic mass is 9.88. The number of carboxylic acids is 1. The molecule has 0 saturated carbocycles. The van der Waals surface area contributed by atoms with Crippen LogP contribution in [0.25, 0.3) is 11.1 Å². The van der Waals surface area contributed by atoms with Gasteiger partial charge in [0.2, 0.25) is 10.0 Å². The first-order valence-corrected chi connectivity index (χ1v) is 15.8. The molecule has 220 valence electrons. The molecule has 3 N–H and O–H groups in total. The lowest BCUT2D eigenvalue weighted by molar-refractivity contribution is -0.136. The quantitative estimate of drug-likeness (QED) is 0.251. The SMILES string of the molecule is CCN(C[C@H](O)CNC(C)(C)CC1Cc2ccccc2C1)S(=O)(=O)c1cccc(-c2ccc(CCC(=O)O)cc2)c1. The highest BCUT2D eigenvalue weighted by Crippen LogP contribution is 2.32. The highest BCUT2D eigenvalue weighted by Gasteiger charge is 2.30. The highest BCUT2D eigenvalue weighted by molar-refractivity contribution is 7.89. The molecule has 3 aromatic carbocycles. The summed E-state index contributed by atoms with van der Waals surface area (Å²) in [5.41, 5.74) is 5.17. The van der Waals surface area contributed by atoms with Crippen molar-refractivity contribution >= 4 is 16.0 Å². The number of rotatable bonds is 14. The molecule has 8 heteroatoms. The Balaban J connectivity index is 1.35. The van der Waals surface area contributed by atoms with Crippen molar-refractivity contribution in [2.75, 3.05) is 19.6 Å². The van der Waals surface area contributed by atoms with Crippen molar-refractivity contribution in [1.82, 2.24) is 9.62 Å². The van der Waals surface area contributed by atoms with Gasteiger partial charge in [-0.15, -0.1) is 0 Å². The second-order valence-corrected chi connectivity index (χ2v) is 13.7. The van der Waals surface area contributed by atoms with Crippen molar-refractivity contribution in [3.63, 3.8) is 0 Å². The topological polar surface area (TPSA) is 107 Å². The molecular weight excluding hydrogens is 536 g/mol. The molecule has 0 amide bonds. The number of nitrogens with one attached hydrogen (secondary N) is 1. The van der Waals surface area contributed by atoms with Gasteiger partial charge in [0.15, 0.2) is 0 Å². The van der Waals surface area contributed by atoms with Gasteiger partial charge >= 0.3 is 5.97 Å². The fourth-order valence-corrected chi connectivity index (χ4v) is 7.31. The lowest BCUT2D eigenvalue weighted by Crippen LogP contribution is -2.48. The minimum absolute atomic E-state index is 0.000709. The van der Waals surface area contributed by atoms with Gasteiger partial charge in [0.05, 0.1) is 11.0 Å². The van der Waals surface area contributed by atoms with Gasteiger partial charge in [-0.1, -0.05) is 67.6 Å². The summed E-state index contributed by atoms with van der Waals surface area (Å²) in [5.74, 6) is -0.291. The number of benzene rings is 3. The third-order valence-corrected chi connectivity index (χ3v) is 9.84. The van der Waals surface area contributed by atoms with E-state index < -0.39 is 22.1 Å². The molecule has 1 aliphatic rings. The zero-order valence-corrected chi connectivity index (χ0v) is 25.0. The van der Waals surface area contributed by atoms with Crippen LogP contribution in [-0.2, 0) is 34.1 Å². The molecule has 0 bridgehead atoms. The summed E-state index contributed by atoms with van der Waals surface area (Å²) >= 11 is 0. The fourth-order valence-electron chi connectivity index (χ4n) is 5.78. The standard InChI is InChI=1S/C33H42N2O5S/c1-4-35(23-30(36)22-34-33(2,3)21-25-18-27-8-5-6-9-28(27)19-25)41(39,40)31-11-7-10-29(20-31)26-15-12-24(13-16-26)14-17-32(37)38/h5-13,15-16,20,25,30,34,36H,4,14,17-19,21-23H2,1-3H3,(H,37,38)/t30-/m1/s1. The Hall–Kier alpha value is -3.04. The smallest absolute Gasteiger partial charge is 0.303 e. The number of carbonyl (C=O) groups is 1. The molecule has 0 spiro atoms. The second-order valence-electron chi connectivity index (χ2n) is 11.7. The Labute approximate surface area is 244 Å². The van der Waals surface area contributed by atoms with Crippen molar-refractivity contribution in [2.45, 2.75) is 69.4 Å². The summed E-state index contributed by atoms with van der Waals surface area (Å²) in [5, 5.41) is 23.2. The van der Waals surface area contributed by atoms with Crippen molar-refractivity contribution in [1.29, 1.82) is 0 Å². The molecule has 0 aliphatic heterocycles. The number of hydrogen-bond acceptors (Lipinski definition) is 5. The molecule has 4 rings (SSSR count). The van der Waals surface area contributed by atoms with Gasteiger partial charge < -0.3 is 15.5 Å². The molecule has 0 saturated heterocycles. The van der Waals surface area contributed by atoms with Crippen LogP contribution >= 0.6 is 0 Å². The van der Waals surface area contributed by atoms with Crippen LogP contribution in [0.4, 0.5) is 0 Å². The van der Waals surface area contributed by atoms with E-state index in [2.05, 4.69) is 43.4 Å². The zero-order valence-electron chi connectivity index (χ0n) is 24.2. The van der Waals surface area contributed by atoms with Gasteiger partial charge in [-0.05, 0) is 85.4 Å². The monoisotopic (exact) mass is 578 g/mol. The minimum Gasteiger partial charge on any atom is -0.481 e.